The molecule has 0 spiro atoms. The van der Waals surface area contributed by atoms with Crippen LogP contribution in [0.15, 0.2) is 89.4 Å². The number of aryl methyl sites for hydroxylation is 1. The van der Waals surface area contributed by atoms with Crippen LogP contribution in [0.2, 0.25) is 0 Å². The second kappa shape index (κ2) is 11.5. The van der Waals surface area contributed by atoms with E-state index in [2.05, 4.69) is 28.1 Å². The minimum absolute atomic E-state index is 0.128. The first-order chi connectivity index (χ1) is 21.8. The molecule has 3 aliphatic rings. The van der Waals surface area contributed by atoms with Gasteiger partial charge in [-0.1, -0.05) is 84.4 Å². The zero-order valence-corrected chi connectivity index (χ0v) is 26.5. The first kappa shape index (κ1) is 29.3. The maximum Gasteiger partial charge on any atom is 0.339 e. The molecule has 2 bridgehead atoms. The van der Waals surface area contributed by atoms with E-state index in [1.807, 2.05) is 44.2 Å². The number of halogens is 1. The molecule has 2 amide bonds. The number of rotatable bonds is 8. The Bertz CT molecular complexity index is 1870. The van der Waals surface area contributed by atoms with Gasteiger partial charge in [-0.2, -0.15) is 0 Å². The average Bonchev–Trinajstić information content (AvgIpc) is 3.76. The van der Waals surface area contributed by atoms with Crippen LogP contribution in [0.3, 0.4) is 0 Å². The van der Waals surface area contributed by atoms with Crippen molar-refractivity contribution in [3.63, 3.8) is 0 Å². The van der Waals surface area contributed by atoms with E-state index in [9.17, 15) is 19.2 Å². The van der Waals surface area contributed by atoms with Crippen molar-refractivity contribution in [2.45, 2.75) is 39.2 Å². The van der Waals surface area contributed by atoms with Crippen molar-refractivity contribution in [1.82, 2.24) is 4.98 Å². The van der Waals surface area contributed by atoms with Gasteiger partial charge in [-0.25, -0.2) is 9.78 Å². The van der Waals surface area contributed by atoms with Crippen molar-refractivity contribution >= 4 is 56.1 Å². The summed E-state index contributed by atoms with van der Waals surface area (Å²) in [5.74, 6) is -1.37. The number of imide groups is 1. The molecule has 2 aliphatic carbocycles. The number of carbonyl (C=O) groups is 4. The normalized spacial score (nSPS) is 22.2. The Balaban J connectivity index is 1.23. The van der Waals surface area contributed by atoms with Crippen LogP contribution in [0.25, 0.3) is 22.2 Å². The number of ketones is 1. The van der Waals surface area contributed by atoms with Gasteiger partial charge in [0.05, 0.1) is 34.3 Å². The lowest BCUT2D eigenvalue weighted by Crippen LogP contribution is -2.32. The Labute approximate surface area is 269 Å². The topological polar surface area (TPSA) is 93.6 Å². The summed E-state index contributed by atoms with van der Waals surface area (Å²) in [6.45, 7) is 3.84. The lowest BCUT2D eigenvalue weighted by molar-refractivity contribution is -0.123. The highest BCUT2D eigenvalue weighted by Gasteiger charge is 2.59. The van der Waals surface area contributed by atoms with Crippen LogP contribution in [0.1, 0.15) is 53.0 Å². The molecule has 5 atom stereocenters. The predicted molar refractivity (Wildman–Crippen MR) is 175 cm³/mol. The molecule has 2 fully saturated rings. The number of amides is 2. The van der Waals surface area contributed by atoms with E-state index in [1.54, 1.807) is 42.5 Å². The zero-order chi connectivity index (χ0) is 31.4. The van der Waals surface area contributed by atoms with E-state index in [1.165, 1.54) is 4.90 Å². The van der Waals surface area contributed by atoms with Gasteiger partial charge in [-0.05, 0) is 67.0 Å². The number of carbonyl (C=O) groups excluding carboxylic acids is 4. The molecule has 4 aromatic rings. The maximum absolute atomic E-state index is 13.8. The molecule has 1 aliphatic heterocycles. The number of hydrogen-bond donors (Lipinski definition) is 0. The number of allylic oxidation sites excluding steroid dienone is 2. The van der Waals surface area contributed by atoms with Crippen molar-refractivity contribution in [3.05, 3.63) is 106 Å². The molecule has 2 heterocycles. The molecule has 8 heteroatoms. The third-order valence-corrected chi connectivity index (χ3v) is 9.88. The first-order valence-corrected chi connectivity index (χ1v) is 16.2. The number of ether oxygens (including phenoxy) is 1. The van der Waals surface area contributed by atoms with E-state index >= 15 is 0 Å². The summed E-state index contributed by atoms with van der Waals surface area (Å²) in [4.78, 5) is 60.0. The molecule has 1 saturated carbocycles. The summed E-state index contributed by atoms with van der Waals surface area (Å²) < 4.78 is 6.67. The highest BCUT2D eigenvalue weighted by Crippen LogP contribution is 2.53. The van der Waals surface area contributed by atoms with Crippen molar-refractivity contribution in [2.24, 2.45) is 23.7 Å². The lowest BCUT2D eigenvalue weighted by Gasteiger charge is -2.18. The molecule has 5 unspecified atom stereocenters. The molecular formula is C37H31BrN2O5. The third-order valence-electron chi connectivity index (χ3n) is 9.42. The second-order valence-corrected chi connectivity index (χ2v) is 12.9. The Morgan fingerprint density at radius 1 is 0.933 bits per heavy atom. The van der Waals surface area contributed by atoms with Crippen LogP contribution < -0.4 is 4.90 Å². The number of benzene rings is 3. The molecule has 0 radical (unpaired) electrons. The fourth-order valence-electron chi connectivity index (χ4n) is 7.19. The number of esters is 1. The summed E-state index contributed by atoms with van der Waals surface area (Å²) in [5, 5.41) is 0.622. The second-order valence-electron chi connectivity index (χ2n) is 12.0. The summed E-state index contributed by atoms with van der Waals surface area (Å²) in [5.41, 5.74) is 4.18. The third kappa shape index (κ3) is 4.92. The van der Waals surface area contributed by atoms with Crippen molar-refractivity contribution in [1.29, 1.82) is 0 Å². The maximum atomic E-state index is 13.8. The Kier molecular flexibility index (Phi) is 7.48. The standard InChI is InChI=1S/C37H31BrN2O5/c1-3-20-17-25(38)18-27-28(37(44)45-30(4-2)34(41)22-8-6-5-7-9-22)19-29(39-33(20)27)21-12-14-26(15-13-21)40-35(42)31-23-10-11-24(16-23)32(31)36(40)43/h5-15,17-19,23-24,30-32H,3-4,16H2,1-2H3. The van der Waals surface area contributed by atoms with Crippen LogP contribution in [0.4, 0.5) is 5.69 Å². The number of nitrogens with zero attached hydrogens (tertiary/aromatic N) is 2. The van der Waals surface area contributed by atoms with Crippen LogP contribution >= 0.6 is 15.9 Å². The van der Waals surface area contributed by atoms with Gasteiger partial charge in [0, 0.05) is 21.0 Å². The SMILES string of the molecule is CCc1cc(Br)cc2c(C(=O)OC(CC)C(=O)c3ccccc3)cc(-c3ccc(N4C(=O)C5C6C=CC(C6)C5C4=O)cc3)nc12. The lowest BCUT2D eigenvalue weighted by atomic mass is 9.85. The van der Waals surface area contributed by atoms with E-state index in [0.717, 1.165) is 16.5 Å². The van der Waals surface area contributed by atoms with Crippen molar-refractivity contribution in [3.8, 4) is 11.3 Å². The highest BCUT2D eigenvalue weighted by atomic mass is 79.9. The summed E-state index contributed by atoms with van der Waals surface area (Å²) in [7, 11) is 0. The number of aromatic nitrogens is 1. The minimum atomic E-state index is -0.941. The van der Waals surface area contributed by atoms with Gasteiger partial charge in [0.15, 0.2) is 6.10 Å². The number of hydrogen-bond acceptors (Lipinski definition) is 6. The van der Waals surface area contributed by atoms with Gasteiger partial charge in [0.2, 0.25) is 17.6 Å². The van der Waals surface area contributed by atoms with Gasteiger partial charge < -0.3 is 4.74 Å². The van der Waals surface area contributed by atoms with Crippen LogP contribution in [-0.4, -0.2) is 34.7 Å². The van der Waals surface area contributed by atoms with Crippen molar-refractivity contribution in [2.75, 3.05) is 4.90 Å². The summed E-state index contributed by atoms with van der Waals surface area (Å²) in [6.07, 6.45) is 5.12. The number of fused-ring (bicyclic) bond motifs is 6. The van der Waals surface area contributed by atoms with Crippen LogP contribution in [0, 0.1) is 23.7 Å². The molecule has 1 aromatic heterocycles. The fourth-order valence-corrected chi connectivity index (χ4v) is 7.69. The summed E-state index contributed by atoms with van der Waals surface area (Å²) >= 11 is 3.57. The Hall–Kier alpha value is -4.43. The smallest absolute Gasteiger partial charge is 0.339 e. The molecule has 1 saturated heterocycles. The monoisotopic (exact) mass is 662 g/mol. The van der Waals surface area contributed by atoms with E-state index in [4.69, 9.17) is 9.72 Å². The predicted octanol–water partition coefficient (Wildman–Crippen LogP) is 7.36. The zero-order valence-electron chi connectivity index (χ0n) is 24.9. The highest BCUT2D eigenvalue weighted by molar-refractivity contribution is 9.10. The molecule has 7 rings (SSSR count). The van der Waals surface area contributed by atoms with Gasteiger partial charge in [-0.3, -0.25) is 19.3 Å². The van der Waals surface area contributed by atoms with Crippen LogP contribution in [0.5, 0.6) is 0 Å². The number of Topliss-reactive ketones (excluding diaryl/α,β-unsaturated/α-hetero) is 1. The average molecular weight is 664 g/mol. The molecule has 7 nitrogen and oxygen atoms in total. The van der Waals surface area contributed by atoms with Crippen LogP contribution in [-0.2, 0) is 20.7 Å². The minimum Gasteiger partial charge on any atom is -0.450 e. The van der Waals surface area contributed by atoms with Crippen molar-refractivity contribution < 1.29 is 23.9 Å². The summed E-state index contributed by atoms with van der Waals surface area (Å²) in [6, 6.07) is 21.5. The van der Waals surface area contributed by atoms with E-state index in [0.29, 0.717) is 51.8 Å². The fraction of sp³-hybridized carbons (Fsp3) is 0.270. The van der Waals surface area contributed by atoms with E-state index in [-0.39, 0.29) is 41.3 Å². The number of pyridine rings is 1. The van der Waals surface area contributed by atoms with Gasteiger partial charge in [0.1, 0.15) is 0 Å². The molecule has 3 aromatic carbocycles. The number of anilines is 1. The molecule has 226 valence electrons. The van der Waals surface area contributed by atoms with Gasteiger partial charge in [0.25, 0.3) is 0 Å². The quantitative estimate of drug-likeness (QED) is 0.0847. The molecule has 0 N–H and O–H groups in total. The largest absolute Gasteiger partial charge is 0.450 e. The Morgan fingerprint density at radius 3 is 2.22 bits per heavy atom. The first-order valence-electron chi connectivity index (χ1n) is 15.4. The van der Waals surface area contributed by atoms with Gasteiger partial charge >= 0.3 is 5.97 Å². The Morgan fingerprint density at radius 2 is 1.60 bits per heavy atom. The molecular weight excluding hydrogens is 632 g/mol. The van der Waals surface area contributed by atoms with Gasteiger partial charge in [-0.15, -0.1) is 0 Å². The van der Waals surface area contributed by atoms with E-state index < -0.39 is 12.1 Å². The molecule has 45 heavy (non-hydrogen) atoms.